The normalized spacial score (nSPS) is 18.6. The fourth-order valence-corrected chi connectivity index (χ4v) is 4.82. The Hall–Kier alpha value is -2.32. The molecule has 2 N–H and O–H groups in total. The third-order valence-electron chi connectivity index (χ3n) is 5.64. The van der Waals surface area contributed by atoms with Crippen LogP contribution in [0, 0.1) is 5.92 Å². The van der Waals surface area contributed by atoms with Gasteiger partial charge in [-0.3, -0.25) is 9.59 Å². The van der Waals surface area contributed by atoms with Crippen molar-refractivity contribution in [3.63, 3.8) is 0 Å². The van der Waals surface area contributed by atoms with Crippen molar-refractivity contribution < 1.29 is 9.59 Å². The molecule has 0 radical (unpaired) electrons. The Bertz CT molecular complexity index is 962. The van der Waals surface area contributed by atoms with Gasteiger partial charge in [-0.05, 0) is 43.4 Å². The van der Waals surface area contributed by atoms with Crippen molar-refractivity contribution in [2.24, 2.45) is 5.92 Å². The first-order valence-corrected chi connectivity index (χ1v) is 12.4. The molecule has 3 rings (SSSR count). The number of nitrogens with zero attached hydrogens (tertiary/aromatic N) is 3. The van der Waals surface area contributed by atoms with E-state index in [-0.39, 0.29) is 24.4 Å². The number of hydrogen-bond acceptors (Lipinski definition) is 5. The maximum Gasteiger partial charge on any atom is 0.244 e. The van der Waals surface area contributed by atoms with E-state index >= 15 is 0 Å². The highest BCUT2D eigenvalue weighted by Gasteiger charge is 2.23. The summed E-state index contributed by atoms with van der Waals surface area (Å²) < 4.78 is 1.92. The van der Waals surface area contributed by atoms with E-state index in [0.29, 0.717) is 34.2 Å². The number of halogens is 1. The van der Waals surface area contributed by atoms with Gasteiger partial charge in [0.15, 0.2) is 11.0 Å². The molecule has 172 valence electrons. The standard InChI is InChI=1S/C23H30ClN5O2S/c1-3-29-20(14-25-21(30)13-12-17-9-5-6-10-18(17)24)27-28-23(29)32-15-22(31)26-19-11-7-4-8-16(19)2/h5-6,9-10,12-13,16,19H,3-4,7-8,11,14-15H2,1-2H3,(H,25,30)(H,26,31)/b13-12+/t16-,19+/m1/s1. The highest BCUT2D eigenvalue weighted by atomic mass is 35.5. The van der Waals surface area contributed by atoms with Gasteiger partial charge < -0.3 is 15.2 Å². The van der Waals surface area contributed by atoms with E-state index in [2.05, 4.69) is 27.8 Å². The molecule has 2 atom stereocenters. The van der Waals surface area contributed by atoms with E-state index in [4.69, 9.17) is 11.6 Å². The Morgan fingerprint density at radius 3 is 2.78 bits per heavy atom. The van der Waals surface area contributed by atoms with Crippen LogP contribution < -0.4 is 10.6 Å². The highest BCUT2D eigenvalue weighted by Crippen LogP contribution is 2.24. The molecule has 2 amide bonds. The van der Waals surface area contributed by atoms with E-state index in [1.165, 1.54) is 37.1 Å². The van der Waals surface area contributed by atoms with E-state index in [1.54, 1.807) is 12.1 Å². The predicted molar refractivity (Wildman–Crippen MR) is 128 cm³/mol. The number of benzene rings is 1. The van der Waals surface area contributed by atoms with Crippen LogP contribution in [-0.2, 0) is 22.7 Å². The quantitative estimate of drug-likeness (QED) is 0.421. The fourth-order valence-electron chi connectivity index (χ4n) is 3.78. The number of amides is 2. The number of hydrogen-bond donors (Lipinski definition) is 2. The lowest BCUT2D eigenvalue weighted by Gasteiger charge is -2.29. The van der Waals surface area contributed by atoms with Crippen LogP contribution in [0.2, 0.25) is 5.02 Å². The summed E-state index contributed by atoms with van der Waals surface area (Å²) in [6.07, 6.45) is 7.77. The first-order chi connectivity index (χ1) is 15.5. The van der Waals surface area contributed by atoms with E-state index < -0.39 is 0 Å². The van der Waals surface area contributed by atoms with Crippen molar-refractivity contribution in [3.8, 4) is 0 Å². The van der Waals surface area contributed by atoms with Crippen molar-refractivity contribution in [2.45, 2.75) is 63.8 Å². The van der Waals surface area contributed by atoms with Crippen LogP contribution in [0.5, 0.6) is 0 Å². The molecule has 1 saturated carbocycles. The van der Waals surface area contributed by atoms with Gasteiger partial charge in [0.25, 0.3) is 0 Å². The van der Waals surface area contributed by atoms with Crippen molar-refractivity contribution in [1.82, 2.24) is 25.4 Å². The summed E-state index contributed by atoms with van der Waals surface area (Å²) in [6, 6.07) is 7.59. The second-order valence-corrected chi connectivity index (χ2v) is 9.29. The number of carbonyl (C=O) groups excluding carboxylic acids is 2. The minimum Gasteiger partial charge on any atom is -0.352 e. The molecule has 1 aromatic heterocycles. The fraction of sp³-hybridized carbons (Fsp3) is 0.478. The van der Waals surface area contributed by atoms with Gasteiger partial charge in [-0.1, -0.05) is 61.3 Å². The average Bonchev–Trinajstić information content (AvgIpc) is 3.19. The third-order valence-corrected chi connectivity index (χ3v) is 6.95. The molecular weight excluding hydrogens is 446 g/mol. The summed E-state index contributed by atoms with van der Waals surface area (Å²) in [7, 11) is 0. The highest BCUT2D eigenvalue weighted by molar-refractivity contribution is 7.99. The van der Waals surface area contributed by atoms with Crippen molar-refractivity contribution in [2.75, 3.05) is 5.75 Å². The minimum absolute atomic E-state index is 0.0268. The molecule has 0 aliphatic heterocycles. The van der Waals surface area contributed by atoms with Gasteiger partial charge in [0.1, 0.15) is 0 Å². The van der Waals surface area contributed by atoms with Crippen LogP contribution >= 0.6 is 23.4 Å². The van der Waals surface area contributed by atoms with Crippen LogP contribution in [-0.4, -0.2) is 38.4 Å². The number of carbonyl (C=O) groups is 2. The van der Waals surface area contributed by atoms with Gasteiger partial charge in [0.05, 0.1) is 12.3 Å². The van der Waals surface area contributed by atoms with Gasteiger partial charge in [-0.25, -0.2) is 0 Å². The third kappa shape index (κ3) is 6.84. The molecular formula is C23H30ClN5O2S. The molecule has 0 bridgehead atoms. The Balaban J connectivity index is 1.50. The average molecular weight is 476 g/mol. The zero-order valence-corrected chi connectivity index (χ0v) is 20.1. The zero-order valence-electron chi connectivity index (χ0n) is 18.5. The van der Waals surface area contributed by atoms with Crippen LogP contribution in [0.25, 0.3) is 6.08 Å². The molecule has 7 nitrogen and oxygen atoms in total. The summed E-state index contributed by atoms with van der Waals surface area (Å²) in [5.74, 6) is 1.26. The lowest BCUT2D eigenvalue weighted by Crippen LogP contribution is -2.41. The molecule has 0 unspecified atom stereocenters. The van der Waals surface area contributed by atoms with Crippen molar-refractivity contribution >= 4 is 41.3 Å². The Labute approximate surface area is 198 Å². The predicted octanol–water partition coefficient (Wildman–Crippen LogP) is 4.07. The molecule has 1 fully saturated rings. The first kappa shape index (κ1) is 24.3. The molecule has 2 aromatic rings. The largest absolute Gasteiger partial charge is 0.352 e. The molecule has 32 heavy (non-hydrogen) atoms. The monoisotopic (exact) mass is 475 g/mol. The number of thioether (sulfide) groups is 1. The zero-order chi connectivity index (χ0) is 22.9. The topological polar surface area (TPSA) is 88.9 Å². The minimum atomic E-state index is -0.245. The van der Waals surface area contributed by atoms with E-state index in [9.17, 15) is 9.59 Å². The number of nitrogens with one attached hydrogen (secondary N) is 2. The van der Waals surface area contributed by atoms with Crippen LogP contribution in [0.3, 0.4) is 0 Å². The summed E-state index contributed by atoms with van der Waals surface area (Å²) >= 11 is 7.47. The van der Waals surface area contributed by atoms with Gasteiger partial charge >= 0.3 is 0 Å². The van der Waals surface area contributed by atoms with Crippen molar-refractivity contribution in [1.29, 1.82) is 0 Å². The Kier molecular flexibility index (Phi) is 9.17. The second kappa shape index (κ2) is 12.1. The molecule has 1 aliphatic carbocycles. The molecule has 1 aromatic carbocycles. The lowest BCUT2D eigenvalue weighted by atomic mass is 9.86. The second-order valence-electron chi connectivity index (χ2n) is 7.94. The smallest absolute Gasteiger partial charge is 0.244 e. The first-order valence-electron chi connectivity index (χ1n) is 11.0. The van der Waals surface area contributed by atoms with Crippen LogP contribution in [0.4, 0.5) is 0 Å². The van der Waals surface area contributed by atoms with Crippen molar-refractivity contribution in [3.05, 3.63) is 46.8 Å². The number of rotatable bonds is 9. The Morgan fingerprint density at radius 2 is 2.03 bits per heavy atom. The van der Waals surface area contributed by atoms with E-state index in [0.717, 1.165) is 12.0 Å². The SMILES string of the molecule is CCn1c(CNC(=O)/C=C/c2ccccc2Cl)nnc1SCC(=O)N[C@H]1CCCC[C@H]1C. The van der Waals surface area contributed by atoms with Gasteiger partial charge in [0.2, 0.25) is 11.8 Å². The van der Waals surface area contributed by atoms with Gasteiger partial charge in [0, 0.05) is 23.7 Å². The van der Waals surface area contributed by atoms with Crippen LogP contribution in [0.1, 0.15) is 50.9 Å². The Morgan fingerprint density at radius 1 is 1.25 bits per heavy atom. The summed E-state index contributed by atoms with van der Waals surface area (Å²) in [6.45, 7) is 5.09. The maximum absolute atomic E-state index is 12.4. The molecule has 0 saturated heterocycles. The molecule has 0 spiro atoms. The molecule has 9 heteroatoms. The summed E-state index contributed by atoms with van der Waals surface area (Å²) in [4.78, 5) is 24.6. The molecule has 1 heterocycles. The molecule has 1 aliphatic rings. The lowest BCUT2D eigenvalue weighted by molar-refractivity contribution is -0.120. The van der Waals surface area contributed by atoms with Gasteiger partial charge in [-0.2, -0.15) is 0 Å². The van der Waals surface area contributed by atoms with Gasteiger partial charge in [-0.15, -0.1) is 10.2 Å². The maximum atomic E-state index is 12.4. The van der Waals surface area contributed by atoms with Crippen LogP contribution in [0.15, 0.2) is 35.5 Å². The summed E-state index contributed by atoms with van der Waals surface area (Å²) in [5.41, 5.74) is 0.778. The number of aromatic nitrogens is 3. The summed E-state index contributed by atoms with van der Waals surface area (Å²) in [5, 5.41) is 15.7. The van der Waals surface area contributed by atoms with E-state index in [1.807, 2.05) is 29.7 Å².